The highest BCUT2D eigenvalue weighted by molar-refractivity contribution is 6.04. The molecule has 1 heterocycles. The molecule has 2 aromatic rings. The third-order valence-corrected chi connectivity index (χ3v) is 3.79. The Morgan fingerprint density at radius 3 is 2.46 bits per heavy atom. The second-order valence-corrected chi connectivity index (χ2v) is 5.42. The molecule has 6 heteroatoms. The second kappa shape index (κ2) is 6.84. The van der Waals surface area contributed by atoms with E-state index >= 15 is 0 Å². The van der Waals surface area contributed by atoms with Crippen LogP contribution in [0.3, 0.4) is 0 Å². The van der Waals surface area contributed by atoms with Crippen LogP contribution in [-0.4, -0.2) is 25.0 Å². The van der Waals surface area contributed by atoms with Crippen LogP contribution in [0.5, 0.6) is 0 Å². The van der Waals surface area contributed by atoms with E-state index in [9.17, 15) is 9.59 Å². The van der Waals surface area contributed by atoms with Crippen molar-refractivity contribution in [2.75, 3.05) is 23.3 Å². The number of nitrogens with zero attached hydrogens (tertiary/aromatic N) is 2. The van der Waals surface area contributed by atoms with Gasteiger partial charge in [0, 0.05) is 30.0 Å². The van der Waals surface area contributed by atoms with E-state index in [4.69, 9.17) is 5.26 Å². The Labute approximate surface area is 139 Å². The van der Waals surface area contributed by atoms with Gasteiger partial charge in [-0.25, -0.2) is 4.79 Å². The quantitative estimate of drug-likeness (QED) is 0.908. The molecule has 0 aromatic heterocycles. The molecule has 0 atom stereocenters. The molecule has 0 saturated carbocycles. The van der Waals surface area contributed by atoms with Crippen LogP contribution < -0.4 is 15.5 Å². The van der Waals surface area contributed by atoms with E-state index in [0.29, 0.717) is 30.8 Å². The zero-order valence-corrected chi connectivity index (χ0v) is 13.0. The number of hydrogen-bond donors (Lipinski definition) is 2. The Hall–Kier alpha value is -3.33. The second-order valence-electron chi connectivity index (χ2n) is 5.42. The van der Waals surface area contributed by atoms with Gasteiger partial charge in [0.05, 0.1) is 12.5 Å². The number of hydrogen-bond acceptors (Lipinski definition) is 3. The number of amides is 3. The van der Waals surface area contributed by atoms with Crippen molar-refractivity contribution in [2.45, 2.75) is 6.42 Å². The normalized spacial score (nSPS) is 13.3. The fourth-order valence-corrected chi connectivity index (χ4v) is 2.51. The van der Waals surface area contributed by atoms with E-state index in [1.165, 1.54) is 0 Å². The van der Waals surface area contributed by atoms with Crippen LogP contribution in [0.1, 0.15) is 15.9 Å². The van der Waals surface area contributed by atoms with Gasteiger partial charge >= 0.3 is 6.03 Å². The number of benzene rings is 2. The summed E-state index contributed by atoms with van der Waals surface area (Å²) in [4.78, 5) is 25.5. The van der Waals surface area contributed by atoms with E-state index in [2.05, 4.69) is 16.7 Å². The molecule has 3 amide bonds. The average Bonchev–Trinajstić information content (AvgIpc) is 3.03. The van der Waals surface area contributed by atoms with Crippen LogP contribution in [0.2, 0.25) is 0 Å². The molecule has 120 valence electrons. The topological polar surface area (TPSA) is 85.2 Å². The van der Waals surface area contributed by atoms with Crippen molar-refractivity contribution >= 4 is 23.3 Å². The van der Waals surface area contributed by atoms with Gasteiger partial charge in [-0.3, -0.25) is 9.69 Å². The van der Waals surface area contributed by atoms with Gasteiger partial charge in [0.25, 0.3) is 5.91 Å². The summed E-state index contributed by atoms with van der Waals surface area (Å²) in [5.41, 5.74) is 2.86. The smallest absolute Gasteiger partial charge is 0.321 e. The van der Waals surface area contributed by atoms with Gasteiger partial charge in [-0.15, -0.1) is 0 Å². The van der Waals surface area contributed by atoms with Gasteiger partial charge in [0.2, 0.25) is 0 Å². The predicted octanol–water partition coefficient (Wildman–Crippen LogP) is 2.53. The molecule has 0 bridgehead atoms. The van der Waals surface area contributed by atoms with Crippen molar-refractivity contribution in [3.63, 3.8) is 0 Å². The molecule has 1 fully saturated rings. The highest BCUT2D eigenvalue weighted by atomic mass is 16.2. The van der Waals surface area contributed by atoms with Crippen molar-refractivity contribution in [1.29, 1.82) is 5.26 Å². The van der Waals surface area contributed by atoms with Crippen molar-refractivity contribution < 1.29 is 9.59 Å². The molecule has 1 aliphatic rings. The maximum atomic E-state index is 12.3. The van der Waals surface area contributed by atoms with E-state index < -0.39 is 0 Å². The summed E-state index contributed by atoms with van der Waals surface area (Å²) < 4.78 is 0. The Bertz CT molecular complexity index is 791. The molecule has 2 N–H and O–H groups in total. The van der Waals surface area contributed by atoms with Crippen LogP contribution in [0.25, 0.3) is 0 Å². The van der Waals surface area contributed by atoms with Gasteiger partial charge in [0.15, 0.2) is 0 Å². The Morgan fingerprint density at radius 2 is 1.88 bits per heavy atom. The van der Waals surface area contributed by atoms with Crippen molar-refractivity contribution in [3.05, 3.63) is 59.7 Å². The summed E-state index contributed by atoms with van der Waals surface area (Å²) in [6.45, 7) is 1.25. The molecule has 0 radical (unpaired) electrons. The minimum absolute atomic E-state index is 0.121. The monoisotopic (exact) mass is 320 g/mol. The van der Waals surface area contributed by atoms with Gasteiger partial charge < -0.3 is 10.6 Å². The van der Waals surface area contributed by atoms with Gasteiger partial charge in [-0.05, 0) is 42.0 Å². The summed E-state index contributed by atoms with van der Waals surface area (Å²) in [7, 11) is 0. The first kappa shape index (κ1) is 15.6. The van der Waals surface area contributed by atoms with Crippen LogP contribution in [0, 0.1) is 11.3 Å². The lowest BCUT2D eigenvalue weighted by Gasteiger charge is -2.14. The largest absolute Gasteiger partial charge is 0.336 e. The Kier molecular flexibility index (Phi) is 4.43. The molecular weight excluding hydrogens is 304 g/mol. The first-order valence-electron chi connectivity index (χ1n) is 7.60. The molecule has 1 aliphatic heterocycles. The van der Waals surface area contributed by atoms with Crippen molar-refractivity contribution in [2.24, 2.45) is 0 Å². The summed E-state index contributed by atoms with van der Waals surface area (Å²) >= 11 is 0. The Balaban J connectivity index is 1.66. The number of anilines is 2. The minimum Gasteiger partial charge on any atom is -0.336 e. The number of nitrogens with one attached hydrogen (secondary N) is 2. The van der Waals surface area contributed by atoms with Crippen molar-refractivity contribution in [3.8, 4) is 6.07 Å². The highest BCUT2D eigenvalue weighted by Gasteiger charge is 2.21. The molecule has 0 unspecified atom stereocenters. The number of carbonyl (C=O) groups is 2. The zero-order chi connectivity index (χ0) is 16.9. The lowest BCUT2D eigenvalue weighted by molar-refractivity contribution is 0.102. The average molecular weight is 320 g/mol. The number of carbonyl (C=O) groups excluding carboxylic acids is 2. The molecule has 2 aromatic carbocycles. The fourth-order valence-electron chi connectivity index (χ4n) is 2.51. The lowest BCUT2D eigenvalue weighted by Crippen LogP contribution is -2.27. The van der Waals surface area contributed by atoms with E-state index in [-0.39, 0.29) is 11.9 Å². The van der Waals surface area contributed by atoms with Gasteiger partial charge in [-0.2, -0.15) is 5.26 Å². The zero-order valence-electron chi connectivity index (χ0n) is 13.0. The molecule has 3 rings (SSSR count). The third-order valence-electron chi connectivity index (χ3n) is 3.79. The first-order chi connectivity index (χ1) is 11.7. The maximum absolute atomic E-state index is 12.3. The van der Waals surface area contributed by atoms with E-state index in [1.807, 2.05) is 12.1 Å². The number of rotatable bonds is 4. The van der Waals surface area contributed by atoms with E-state index in [1.54, 1.807) is 41.3 Å². The summed E-state index contributed by atoms with van der Waals surface area (Å²) in [6.07, 6.45) is 0.347. The maximum Gasteiger partial charge on any atom is 0.321 e. The van der Waals surface area contributed by atoms with Crippen LogP contribution >= 0.6 is 0 Å². The van der Waals surface area contributed by atoms with Crippen LogP contribution in [-0.2, 0) is 6.42 Å². The number of urea groups is 1. The molecular formula is C18H16N4O2. The van der Waals surface area contributed by atoms with Crippen LogP contribution in [0.4, 0.5) is 16.2 Å². The van der Waals surface area contributed by atoms with E-state index in [0.717, 1.165) is 11.3 Å². The molecule has 0 aliphatic carbocycles. The molecule has 6 nitrogen and oxygen atoms in total. The van der Waals surface area contributed by atoms with Gasteiger partial charge in [-0.1, -0.05) is 12.1 Å². The molecule has 24 heavy (non-hydrogen) atoms. The first-order valence-corrected chi connectivity index (χ1v) is 7.60. The third kappa shape index (κ3) is 3.36. The predicted molar refractivity (Wildman–Crippen MR) is 90.9 cm³/mol. The molecule has 0 spiro atoms. The Morgan fingerprint density at radius 1 is 1.17 bits per heavy atom. The van der Waals surface area contributed by atoms with Crippen molar-refractivity contribution in [1.82, 2.24) is 5.32 Å². The van der Waals surface area contributed by atoms with Crippen LogP contribution in [0.15, 0.2) is 48.5 Å². The fraction of sp³-hybridized carbons (Fsp3) is 0.167. The molecule has 1 saturated heterocycles. The lowest BCUT2D eigenvalue weighted by atomic mass is 10.1. The summed E-state index contributed by atoms with van der Waals surface area (Å²) in [5.74, 6) is -0.222. The minimum atomic E-state index is -0.222. The summed E-state index contributed by atoms with van der Waals surface area (Å²) in [5, 5.41) is 14.2. The van der Waals surface area contributed by atoms with Gasteiger partial charge in [0.1, 0.15) is 0 Å². The number of nitriles is 1. The standard InChI is InChI=1S/C18H16N4O2/c19-10-9-13-1-5-15(6-2-13)21-17(23)14-3-7-16(8-4-14)22-12-11-20-18(22)24/h1-8H,9,11-12H2,(H,20,24)(H,21,23). The summed E-state index contributed by atoms with van der Waals surface area (Å²) in [6, 6.07) is 16.0. The highest BCUT2D eigenvalue weighted by Crippen LogP contribution is 2.18. The SMILES string of the molecule is N#CCc1ccc(NC(=O)c2ccc(N3CCNC3=O)cc2)cc1.